The third-order valence-corrected chi connectivity index (χ3v) is 29.7. The predicted molar refractivity (Wildman–Crippen MR) is 498 cm³/mol. The molecule has 7 aromatic heterocycles. The van der Waals surface area contributed by atoms with E-state index < -0.39 is 263 Å². The van der Waals surface area contributed by atoms with Crippen LogP contribution in [0.2, 0.25) is 0 Å². The van der Waals surface area contributed by atoms with E-state index in [9.17, 15) is 63.1 Å². The number of aromatic amines is 2. The van der Waals surface area contributed by atoms with E-state index in [2.05, 4.69) is 34.9 Å². The molecule has 66 heteroatoms. The molecule has 6 saturated heterocycles. The Morgan fingerprint density at radius 2 is 0.732 bits per heavy atom. The van der Waals surface area contributed by atoms with Crippen LogP contribution in [0.15, 0.2) is 83.1 Å². The number of phosphoric acid groups is 2. The summed E-state index contributed by atoms with van der Waals surface area (Å²) in [6, 6.07) is 1.53. The highest BCUT2D eigenvalue weighted by atomic mass is 32.5. The van der Waals surface area contributed by atoms with Gasteiger partial charge in [-0.2, -0.15) is 15.0 Å². The molecule has 7 aromatic rings. The van der Waals surface area contributed by atoms with Crippen LogP contribution in [-0.4, -0.2) is 330 Å². The molecule has 13 rings (SSSR count). The number of phosphoric ester groups is 2. The molecule has 0 radical (unpaired) electrons. The maximum absolute atomic E-state index is 15.3. The third-order valence-electron chi connectivity index (χ3n) is 23.1. The average molecular weight is 2170 g/mol. The topological polar surface area (TPSA) is 745 Å². The van der Waals surface area contributed by atoms with Crippen LogP contribution in [0.5, 0.6) is 0 Å². The SMILES string of the molecule is COCCO[C@H]1C(OP(=O)(O)OC[C@H]2O[C@@H](n3cc(C)c(=O)[nH]c3=O)[C@@H](OCCOC)C2OP(=O)(O)OC[C@H]2O[C@@H](n3cc(C)c(=O)[nH]c3=O)[C@@H](OCCOC)C2OP(O)(=S)OC[C@H]2O[C@@H](n3cc(C)c(N)nc3=O)[C@@H](OCCOC)C2OP(O)(=S)OC[C@H]2O[C@@H](n3cnc4c(N)ccnc43)[C@@H](OCCOC)C2O)[C@@H](COP(O)(=S)OC2C[C@H](n3cc(C)c(N)nc3=O)O[C@@H]2C)O[C@H]1n1cc(C)c(N)nc1=O. The minimum absolute atomic E-state index is 0.0179. The number of nitrogens with two attached hydrogens (primary N) is 4. The first-order chi connectivity index (χ1) is 67.3. The molecular weight excluding hydrogens is 2060 g/mol. The Labute approximate surface area is 820 Å². The fraction of sp³-hybridized carbons (Fsp3) is 0.658. The van der Waals surface area contributed by atoms with E-state index in [1.165, 1.54) is 110 Å². The van der Waals surface area contributed by atoms with Gasteiger partial charge in [0.25, 0.3) is 11.1 Å². The number of nitrogen functional groups attached to an aromatic ring is 4. The summed E-state index contributed by atoms with van der Waals surface area (Å²) in [7, 11) is -5.14. The Balaban J connectivity index is 0.792. The van der Waals surface area contributed by atoms with Crippen molar-refractivity contribution in [3.05, 3.63) is 151 Å². The predicted octanol–water partition coefficient (Wildman–Crippen LogP) is -1.65. The summed E-state index contributed by atoms with van der Waals surface area (Å²) in [6.07, 6.45) is -28.7. The lowest BCUT2D eigenvalue weighted by atomic mass is 10.1. The number of aliphatic hydroxyl groups excluding tert-OH is 1. The first kappa shape index (κ1) is 112. The van der Waals surface area contributed by atoms with Gasteiger partial charge in [0.05, 0.1) is 123 Å². The number of hydrogen-bond acceptors (Lipinski definition) is 48. The molecular formula is C76H112N17O41P5S3. The Hall–Kier alpha value is -7.05. The fourth-order valence-electron chi connectivity index (χ4n) is 15.9. The molecule has 6 aliphatic rings. The van der Waals surface area contributed by atoms with Gasteiger partial charge in [0.1, 0.15) is 121 Å². The number of imidazole rings is 1. The summed E-state index contributed by atoms with van der Waals surface area (Å²) in [5.74, 6) is -0.386. The minimum atomic E-state index is -5.97. The number of nitrogens with zero attached hydrogens (tertiary/aromatic N) is 11. The summed E-state index contributed by atoms with van der Waals surface area (Å²) in [4.78, 5) is 181. The molecule has 11 unspecified atom stereocenters. The van der Waals surface area contributed by atoms with E-state index >= 15 is 9.13 Å². The monoisotopic (exact) mass is 2170 g/mol. The van der Waals surface area contributed by atoms with E-state index in [0.717, 1.165) is 30.7 Å². The number of H-pyrrole nitrogens is 2. The van der Waals surface area contributed by atoms with Crippen LogP contribution in [-0.2, 0) is 166 Å². The molecule has 16 N–H and O–H groups in total. The van der Waals surface area contributed by atoms with Gasteiger partial charge < -0.3 is 146 Å². The smallest absolute Gasteiger partial charge is 0.397 e. The lowest BCUT2D eigenvalue weighted by Gasteiger charge is -2.30. The Bertz CT molecular complexity index is 6270. The quantitative estimate of drug-likeness (QED) is 0.0150. The van der Waals surface area contributed by atoms with Gasteiger partial charge in [0.2, 0.25) is 0 Å². The zero-order chi connectivity index (χ0) is 103. The van der Waals surface area contributed by atoms with Crippen LogP contribution < -0.4 is 62.5 Å². The van der Waals surface area contributed by atoms with Crippen LogP contribution in [0.4, 0.5) is 23.1 Å². The van der Waals surface area contributed by atoms with E-state index in [-0.39, 0.29) is 110 Å². The van der Waals surface area contributed by atoms with Crippen LogP contribution in [0.3, 0.4) is 0 Å². The van der Waals surface area contributed by atoms with Crippen molar-refractivity contribution in [1.29, 1.82) is 0 Å². The number of aliphatic hydroxyl groups is 1. The molecule has 0 aromatic carbocycles. The van der Waals surface area contributed by atoms with Crippen molar-refractivity contribution in [2.75, 3.05) is 158 Å². The molecule has 0 spiro atoms. The number of methoxy groups -OCH3 is 5. The molecule has 0 saturated carbocycles. The summed E-state index contributed by atoms with van der Waals surface area (Å²) in [5, 5.41) is 11.9. The maximum Gasteiger partial charge on any atom is 0.472 e. The van der Waals surface area contributed by atoms with Crippen molar-refractivity contribution < 1.29 is 160 Å². The van der Waals surface area contributed by atoms with Crippen LogP contribution in [0.25, 0.3) is 11.2 Å². The van der Waals surface area contributed by atoms with Crippen molar-refractivity contribution in [3.63, 3.8) is 0 Å². The maximum atomic E-state index is 15.3. The number of pyridine rings is 1. The number of hydrogen-bond donors (Lipinski definition) is 12. The van der Waals surface area contributed by atoms with Crippen molar-refractivity contribution in [3.8, 4) is 0 Å². The molecule has 0 bridgehead atoms. The summed E-state index contributed by atoms with van der Waals surface area (Å²) in [6.45, 7) is -12.9. The second-order valence-corrected chi connectivity index (χ2v) is 44.1. The van der Waals surface area contributed by atoms with E-state index in [1.54, 1.807) is 13.8 Å². The molecule has 6 fully saturated rings. The fourth-order valence-corrected chi connectivity index (χ4v) is 22.3. The van der Waals surface area contributed by atoms with Gasteiger partial charge in [0, 0.05) is 107 Å². The van der Waals surface area contributed by atoms with Gasteiger partial charge in [-0.3, -0.25) is 74.1 Å². The number of anilines is 4. The Morgan fingerprint density at radius 3 is 1.13 bits per heavy atom. The number of aryl methyl sites for hydroxylation is 5. The summed E-state index contributed by atoms with van der Waals surface area (Å²) < 4.78 is 192. The minimum Gasteiger partial charge on any atom is -0.397 e. The lowest BCUT2D eigenvalue weighted by Crippen LogP contribution is -2.42. The van der Waals surface area contributed by atoms with Gasteiger partial charge in [0.15, 0.2) is 36.8 Å². The van der Waals surface area contributed by atoms with Crippen LogP contribution >= 0.6 is 35.8 Å². The highest BCUT2D eigenvalue weighted by Crippen LogP contribution is 2.58. The molecule has 0 amide bonds. The van der Waals surface area contributed by atoms with Gasteiger partial charge in [-0.05, 0) is 83.0 Å². The highest BCUT2D eigenvalue weighted by Gasteiger charge is 2.58. The molecule has 28 atom stereocenters. The normalized spacial score (nSPS) is 29.5. The second-order valence-electron chi connectivity index (χ2n) is 32.9. The first-order valence-corrected chi connectivity index (χ1v) is 54.2. The van der Waals surface area contributed by atoms with Gasteiger partial charge in [-0.25, -0.2) is 43.1 Å². The zero-order valence-electron chi connectivity index (χ0n) is 77.9. The van der Waals surface area contributed by atoms with Crippen LogP contribution in [0.1, 0.15) is 78.5 Å². The van der Waals surface area contributed by atoms with E-state index in [1.807, 2.05) is 0 Å². The molecule has 6 aliphatic heterocycles. The lowest BCUT2D eigenvalue weighted by molar-refractivity contribution is -0.0853. The van der Waals surface area contributed by atoms with E-state index in [0.29, 0.717) is 11.1 Å². The molecule has 142 heavy (non-hydrogen) atoms. The third kappa shape index (κ3) is 27.2. The number of aromatic nitrogens is 13. The molecule has 0 aliphatic carbocycles. The highest BCUT2D eigenvalue weighted by molar-refractivity contribution is 8.07. The van der Waals surface area contributed by atoms with Gasteiger partial charge in [-0.15, -0.1) is 0 Å². The van der Waals surface area contributed by atoms with Crippen LogP contribution in [0, 0.1) is 34.6 Å². The average Bonchev–Trinajstić information content (AvgIpc) is 1.62. The van der Waals surface area contributed by atoms with Gasteiger partial charge in [-0.1, -0.05) is 0 Å². The number of nitrogens with one attached hydrogen (secondary N) is 2. The second kappa shape index (κ2) is 48.5. The first-order valence-electron chi connectivity index (χ1n) is 43.5. The number of rotatable bonds is 51. The Kier molecular flexibility index (Phi) is 38.3. The Morgan fingerprint density at radius 1 is 0.408 bits per heavy atom. The van der Waals surface area contributed by atoms with E-state index in [4.69, 9.17) is 179 Å². The molecule has 58 nitrogen and oxygen atoms in total. The molecule has 790 valence electrons. The number of fused-ring (bicyclic) bond motifs is 1. The summed E-state index contributed by atoms with van der Waals surface area (Å²) in [5.41, 5.74) is 19.0. The zero-order valence-corrected chi connectivity index (χ0v) is 84.8. The van der Waals surface area contributed by atoms with Crippen molar-refractivity contribution in [2.24, 2.45) is 0 Å². The number of ether oxygens (including phenoxy) is 16. The standard InChI is InChI=1S/C76H112N17O41P5S3/c1-36-25-88(72(97)83-61(36)78)49-24-43(41(6)124-49)130-137(106,140)122-33-47-53(58(116-21-16-111-9)68(128-47)89-26-37(2)62(79)84-73(89)98)132-135(102,103)119-31-45-52(57(115-20-15-110-8)69(126-45)91-28-39(4)65(95)86-75(91)100)131-136(104,105)120-32-46-54(59(117-22-17-112-10)71(127-46)92-29-40(5)66(96)87-76(92)101)133-139(108,142)123-34-48-55(60(118-23-18-113-11)70(129-48)90-27-38(3)63(80)85-74(90)99)134-138(107,141)121-30-44-51(94)56(114-19-14-109-7)67(125-44)93-35-82-50-42(77)12-13-81-64(50)93/h12-13,25-29,35,41,43-49,51-60,67-71,94H,14-24,30-34H2,1-11H3,(H2,77,81)(H,102,103)(H,104,105)(H,106,140)(H,107,141)(H,108,142)(H2,78,83,97)(H2,79,84,98)(H2,80,85,99)(H,86,95,100)(H,87,96,101)/t41-,43?,44-,45-,46-,47-,48-,49-,51?,52?,53?,54?,55?,56+,57+,58+,59+,60+,67-,68-,69-,70-,71-,137?,138?,139?/m1/s1. The largest absolute Gasteiger partial charge is 0.472 e. The van der Waals surface area contributed by atoms with Crippen molar-refractivity contribution in [2.45, 2.75) is 189 Å². The summed E-state index contributed by atoms with van der Waals surface area (Å²) >= 11 is 17.0. The van der Waals surface area contributed by atoms with Crippen molar-refractivity contribution >= 4 is 106 Å². The molecule has 13 heterocycles. The van der Waals surface area contributed by atoms with Gasteiger partial charge >= 0.3 is 64.2 Å². The van der Waals surface area contributed by atoms with Crippen molar-refractivity contribution in [1.82, 2.24) is 62.3 Å².